The topological polar surface area (TPSA) is 55.7 Å². The van der Waals surface area contributed by atoms with Crippen molar-refractivity contribution in [1.29, 1.82) is 0 Å². The number of nitrogens with zero attached hydrogens (tertiary/aromatic N) is 3. The third-order valence-corrected chi connectivity index (χ3v) is 4.46. The Morgan fingerprint density at radius 2 is 2.23 bits per heavy atom. The van der Waals surface area contributed by atoms with E-state index < -0.39 is 0 Å². The molecule has 0 aliphatic heterocycles. The zero-order valence-electron chi connectivity index (χ0n) is 12.7. The number of aromatic nitrogens is 4. The second-order valence-electron chi connectivity index (χ2n) is 5.10. The van der Waals surface area contributed by atoms with Crippen LogP contribution in [0, 0.1) is 0 Å². The van der Waals surface area contributed by atoms with Crippen molar-refractivity contribution in [2.75, 3.05) is 12.9 Å². The molecule has 3 rings (SSSR count). The number of ether oxygens (including phenoxy) is 1. The maximum absolute atomic E-state index is 5.23. The van der Waals surface area contributed by atoms with Crippen molar-refractivity contribution < 1.29 is 4.74 Å². The molecule has 0 saturated carbocycles. The standard InChI is InChI=1S/C16H20N4OS/c1-21-13-6-7-14-15(12-13)19-16(18-14)22-11-4-2-3-9-20-10-5-8-17-20/h5-8,10,12H,2-4,9,11H2,1H3,(H,18,19). The van der Waals surface area contributed by atoms with Gasteiger partial charge < -0.3 is 9.72 Å². The lowest BCUT2D eigenvalue weighted by atomic mass is 10.2. The first-order valence-corrected chi connectivity index (χ1v) is 8.48. The lowest BCUT2D eigenvalue weighted by molar-refractivity contribution is 0.415. The molecule has 6 heteroatoms. The zero-order chi connectivity index (χ0) is 15.2. The fraction of sp³-hybridized carbons (Fsp3) is 0.375. The summed E-state index contributed by atoms with van der Waals surface area (Å²) < 4.78 is 7.21. The second-order valence-corrected chi connectivity index (χ2v) is 6.19. The fourth-order valence-electron chi connectivity index (χ4n) is 2.31. The summed E-state index contributed by atoms with van der Waals surface area (Å²) in [6, 6.07) is 7.87. The Hall–Kier alpha value is -1.95. The van der Waals surface area contributed by atoms with E-state index in [-0.39, 0.29) is 0 Å². The van der Waals surface area contributed by atoms with E-state index in [2.05, 4.69) is 15.1 Å². The molecule has 1 N–H and O–H groups in total. The minimum atomic E-state index is 0.853. The molecule has 0 amide bonds. The van der Waals surface area contributed by atoms with E-state index in [9.17, 15) is 0 Å². The molecule has 22 heavy (non-hydrogen) atoms. The van der Waals surface area contributed by atoms with E-state index >= 15 is 0 Å². The van der Waals surface area contributed by atoms with Gasteiger partial charge in [-0.3, -0.25) is 4.68 Å². The number of rotatable bonds is 8. The number of hydrogen-bond donors (Lipinski definition) is 1. The van der Waals surface area contributed by atoms with Crippen LogP contribution >= 0.6 is 11.8 Å². The summed E-state index contributed by atoms with van der Waals surface area (Å²) >= 11 is 1.78. The third kappa shape index (κ3) is 3.82. The van der Waals surface area contributed by atoms with Crippen LogP contribution in [-0.4, -0.2) is 32.6 Å². The Bertz CT molecular complexity index is 708. The zero-order valence-corrected chi connectivity index (χ0v) is 13.5. The van der Waals surface area contributed by atoms with Gasteiger partial charge in [0.15, 0.2) is 5.16 Å². The number of thioether (sulfide) groups is 1. The number of H-pyrrole nitrogens is 1. The van der Waals surface area contributed by atoms with Gasteiger partial charge in [-0.15, -0.1) is 0 Å². The van der Waals surface area contributed by atoms with E-state index in [1.54, 1.807) is 18.9 Å². The highest BCUT2D eigenvalue weighted by molar-refractivity contribution is 7.99. The van der Waals surface area contributed by atoms with Crippen LogP contribution in [0.25, 0.3) is 11.0 Å². The summed E-state index contributed by atoms with van der Waals surface area (Å²) in [7, 11) is 1.68. The molecule has 0 radical (unpaired) electrons. The van der Waals surface area contributed by atoms with Crippen LogP contribution in [0.5, 0.6) is 5.75 Å². The predicted molar refractivity (Wildman–Crippen MR) is 89.4 cm³/mol. The number of nitrogens with one attached hydrogen (secondary N) is 1. The molecule has 0 unspecified atom stereocenters. The van der Waals surface area contributed by atoms with E-state index in [1.807, 2.05) is 41.3 Å². The van der Waals surface area contributed by atoms with Gasteiger partial charge in [-0.05, 0) is 31.0 Å². The van der Waals surface area contributed by atoms with Gasteiger partial charge in [0, 0.05) is 30.8 Å². The molecule has 116 valence electrons. The van der Waals surface area contributed by atoms with Gasteiger partial charge in [0.25, 0.3) is 0 Å². The molecule has 1 aromatic carbocycles. The summed E-state index contributed by atoms with van der Waals surface area (Å²) in [6.45, 7) is 1.00. The van der Waals surface area contributed by atoms with Crippen LogP contribution < -0.4 is 4.74 Å². The van der Waals surface area contributed by atoms with Crippen molar-refractivity contribution in [3.63, 3.8) is 0 Å². The van der Waals surface area contributed by atoms with Gasteiger partial charge in [-0.25, -0.2) is 4.98 Å². The number of aromatic amines is 1. The molecule has 2 heterocycles. The quantitative estimate of drug-likeness (QED) is 0.508. The molecular formula is C16H20N4OS. The van der Waals surface area contributed by atoms with E-state index in [1.165, 1.54) is 19.3 Å². The van der Waals surface area contributed by atoms with Crippen molar-refractivity contribution in [2.24, 2.45) is 0 Å². The summed E-state index contributed by atoms with van der Waals surface area (Å²) in [5.74, 6) is 1.93. The first-order valence-electron chi connectivity index (χ1n) is 7.49. The molecule has 0 bridgehead atoms. The monoisotopic (exact) mass is 316 g/mol. The Morgan fingerprint density at radius 1 is 1.27 bits per heavy atom. The van der Waals surface area contributed by atoms with Gasteiger partial charge in [0.1, 0.15) is 5.75 Å². The molecule has 0 saturated heterocycles. The summed E-state index contributed by atoms with van der Waals surface area (Å²) in [6.07, 6.45) is 7.40. The Labute approximate surface area is 134 Å². The van der Waals surface area contributed by atoms with Crippen molar-refractivity contribution >= 4 is 22.8 Å². The number of imidazole rings is 1. The average Bonchev–Trinajstić information content (AvgIpc) is 3.18. The van der Waals surface area contributed by atoms with Crippen LogP contribution in [0.4, 0.5) is 0 Å². The number of methoxy groups -OCH3 is 1. The fourth-order valence-corrected chi connectivity index (χ4v) is 3.20. The molecule has 0 fully saturated rings. The largest absolute Gasteiger partial charge is 0.497 e. The lowest BCUT2D eigenvalue weighted by Gasteiger charge is -2.01. The highest BCUT2D eigenvalue weighted by Gasteiger charge is 2.04. The van der Waals surface area contributed by atoms with Gasteiger partial charge in [-0.1, -0.05) is 18.2 Å². The minimum absolute atomic E-state index is 0.853. The number of hydrogen-bond acceptors (Lipinski definition) is 4. The molecule has 0 aliphatic carbocycles. The first-order chi connectivity index (χ1) is 10.8. The summed E-state index contributed by atoms with van der Waals surface area (Å²) in [5.41, 5.74) is 2.02. The van der Waals surface area contributed by atoms with E-state index in [4.69, 9.17) is 4.74 Å². The highest BCUT2D eigenvalue weighted by atomic mass is 32.2. The van der Waals surface area contributed by atoms with Crippen LogP contribution in [0.3, 0.4) is 0 Å². The molecular weight excluding hydrogens is 296 g/mol. The Balaban J connectivity index is 1.41. The summed E-state index contributed by atoms with van der Waals surface area (Å²) in [5, 5.41) is 5.19. The molecule has 0 spiro atoms. The van der Waals surface area contributed by atoms with Gasteiger partial charge in [0.2, 0.25) is 0 Å². The van der Waals surface area contributed by atoms with Crippen molar-refractivity contribution in [3.8, 4) is 5.75 Å². The molecule has 0 aliphatic rings. The van der Waals surface area contributed by atoms with Crippen molar-refractivity contribution in [3.05, 3.63) is 36.7 Å². The van der Waals surface area contributed by atoms with Gasteiger partial charge >= 0.3 is 0 Å². The maximum atomic E-state index is 5.23. The van der Waals surface area contributed by atoms with E-state index in [0.717, 1.165) is 34.2 Å². The molecule has 2 aromatic heterocycles. The molecule has 0 atom stereocenters. The molecule has 3 aromatic rings. The Morgan fingerprint density at radius 3 is 3.05 bits per heavy atom. The van der Waals surface area contributed by atoms with Gasteiger partial charge in [-0.2, -0.15) is 5.10 Å². The third-order valence-electron chi connectivity index (χ3n) is 3.50. The lowest BCUT2D eigenvalue weighted by Crippen LogP contribution is -1.98. The van der Waals surface area contributed by atoms with Crippen LogP contribution in [0.1, 0.15) is 19.3 Å². The van der Waals surface area contributed by atoms with Crippen LogP contribution in [0.2, 0.25) is 0 Å². The predicted octanol–water partition coefficient (Wildman–Crippen LogP) is 3.73. The Kier molecular flexibility index (Phi) is 5.00. The number of unbranched alkanes of at least 4 members (excludes halogenated alkanes) is 2. The first kappa shape index (κ1) is 15.0. The minimum Gasteiger partial charge on any atom is -0.497 e. The highest BCUT2D eigenvalue weighted by Crippen LogP contribution is 2.23. The van der Waals surface area contributed by atoms with Gasteiger partial charge in [0.05, 0.1) is 18.1 Å². The van der Waals surface area contributed by atoms with Crippen molar-refractivity contribution in [1.82, 2.24) is 19.7 Å². The second kappa shape index (κ2) is 7.35. The normalized spacial score (nSPS) is 11.1. The summed E-state index contributed by atoms with van der Waals surface area (Å²) in [4.78, 5) is 7.93. The number of aryl methyl sites for hydroxylation is 1. The number of fused-ring (bicyclic) bond motifs is 1. The smallest absolute Gasteiger partial charge is 0.166 e. The van der Waals surface area contributed by atoms with Crippen molar-refractivity contribution in [2.45, 2.75) is 31.0 Å². The maximum Gasteiger partial charge on any atom is 0.166 e. The SMILES string of the molecule is COc1ccc2nc(SCCCCCn3cccn3)[nH]c2c1. The molecule has 5 nitrogen and oxygen atoms in total. The van der Waals surface area contributed by atoms with Crippen LogP contribution in [0.15, 0.2) is 41.8 Å². The number of benzene rings is 1. The van der Waals surface area contributed by atoms with Crippen LogP contribution in [-0.2, 0) is 6.54 Å². The average molecular weight is 316 g/mol. The van der Waals surface area contributed by atoms with E-state index in [0.29, 0.717) is 0 Å².